The lowest BCUT2D eigenvalue weighted by atomic mass is 10.1. The van der Waals surface area contributed by atoms with Crippen LogP contribution in [0.2, 0.25) is 10.0 Å². The second-order valence-corrected chi connectivity index (χ2v) is 6.61. The molecule has 0 spiro atoms. The first kappa shape index (κ1) is 15.3. The van der Waals surface area contributed by atoms with Crippen LogP contribution >= 0.6 is 23.2 Å². The molecule has 1 aliphatic rings. The quantitative estimate of drug-likeness (QED) is 0.611. The number of hydrogen-bond acceptors (Lipinski definition) is 3. The molecule has 4 rings (SSSR count). The van der Waals surface area contributed by atoms with Crippen LogP contribution in [-0.2, 0) is 6.42 Å². The van der Waals surface area contributed by atoms with Crippen LogP contribution in [0.3, 0.4) is 0 Å². The minimum Gasteiger partial charge on any atom is -0.456 e. The van der Waals surface area contributed by atoms with Crippen molar-refractivity contribution in [3.8, 4) is 0 Å². The van der Waals surface area contributed by atoms with Crippen molar-refractivity contribution in [2.45, 2.75) is 12.8 Å². The van der Waals surface area contributed by atoms with Crippen LogP contribution in [-0.4, -0.2) is 0 Å². The van der Waals surface area contributed by atoms with Gasteiger partial charge in [0.15, 0.2) is 5.43 Å². The average molecular weight is 358 g/mol. The van der Waals surface area contributed by atoms with Crippen LogP contribution in [0.1, 0.15) is 23.3 Å². The molecular formula is C19H13Cl2NO2. The Morgan fingerprint density at radius 2 is 1.83 bits per heavy atom. The molecule has 0 unspecified atom stereocenters. The third-order valence-electron chi connectivity index (χ3n) is 4.26. The molecule has 0 saturated heterocycles. The molecule has 0 aliphatic heterocycles. The molecule has 0 fully saturated rings. The molecule has 1 aromatic heterocycles. The van der Waals surface area contributed by atoms with Crippen molar-refractivity contribution in [2.24, 2.45) is 0 Å². The third kappa shape index (κ3) is 2.41. The van der Waals surface area contributed by atoms with Crippen LogP contribution < -0.4 is 11.2 Å². The number of benzene rings is 2. The number of allylic oxidation sites excluding steroid dienone is 1. The summed E-state index contributed by atoms with van der Waals surface area (Å²) in [5, 5.41) is 1.69. The Morgan fingerprint density at radius 1 is 1.08 bits per heavy atom. The van der Waals surface area contributed by atoms with Crippen LogP contribution in [0, 0.1) is 0 Å². The van der Waals surface area contributed by atoms with Crippen molar-refractivity contribution < 1.29 is 4.42 Å². The van der Waals surface area contributed by atoms with E-state index >= 15 is 0 Å². The van der Waals surface area contributed by atoms with Gasteiger partial charge in [-0.2, -0.15) is 0 Å². The summed E-state index contributed by atoms with van der Waals surface area (Å²) in [4.78, 5) is 12.7. The van der Waals surface area contributed by atoms with Crippen molar-refractivity contribution in [3.05, 3.63) is 73.6 Å². The molecular weight excluding hydrogens is 345 g/mol. The number of halogens is 2. The maximum atomic E-state index is 12.7. The Hall–Kier alpha value is -2.23. The lowest BCUT2D eigenvalue weighted by Gasteiger charge is -2.06. The van der Waals surface area contributed by atoms with Crippen molar-refractivity contribution >= 4 is 51.5 Å². The van der Waals surface area contributed by atoms with E-state index in [0.29, 0.717) is 50.9 Å². The molecule has 5 heteroatoms. The van der Waals surface area contributed by atoms with Crippen LogP contribution in [0.25, 0.3) is 22.6 Å². The van der Waals surface area contributed by atoms with Gasteiger partial charge in [-0.15, -0.1) is 0 Å². The van der Waals surface area contributed by atoms with Crippen molar-refractivity contribution in [2.75, 3.05) is 5.73 Å². The maximum Gasteiger partial charge on any atom is 0.196 e. The third-order valence-corrected chi connectivity index (χ3v) is 4.92. The largest absolute Gasteiger partial charge is 0.456 e. The topological polar surface area (TPSA) is 56.2 Å². The van der Waals surface area contributed by atoms with Gasteiger partial charge in [0.05, 0.1) is 5.39 Å². The standard InChI is InChI=1S/C19H13Cl2NO2/c20-15-2-1-3-16(21)14(15)8-10-4-6-13-18(23)12-7-5-11(22)9-17(12)24-19(10)13/h1-3,5,7-9H,4,6,22H2/b10-8+. The van der Waals surface area contributed by atoms with E-state index in [-0.39, 0.29) is 5.43 Å². The average Bonchev–Trinajstić information content (AvgIpc) is 2.94. The van der Waals surface area contributed by atoms with E-state index in [9.17, 15) is 4.79 Å². The summed E-state index contributed by atoms with van der Waals surface area (Å²) in [6.45, 7) is 0. The normalized spacial score (nSPS) is 15.2. The number of fused-ring (bicyclic) bond motifs is 2. The molecule has 120 valence electrons. The first-order chi connectivity index (χ1) is 11.5. The highest BCUT2D eigenvalue weighted by Gasteiger charge is 2.24. The van der Waals surface area contributed by atoms with Crippen LogP contribution in [0.5, 0.6) is 0 Å². The van der Waals surface area contributed by atoms with Crippen molar-refractivity contribution in [3.63, 3.8) is 0 Å². The summed E-state index contributed by atoms with van der Waals surface area (Å²) in [5.41, 5.74) is 9.21. The molecule has 1 heterocycles. The Morgan fingerprint density at radius 3 is 2.58 bits per heavy atom. The molecule has 1 aliphatic carbocycles. The second-order valence-electron chi connectivity index (χ2n) is 5.80. The van der Waals surface area contributed by atoms with E-state index < -0.39 is 0 Å². The minimum atomic E-state index is -0.0000874. The predicted octanol–water partition coefficient (Wildman–Crippen LogP) is 5.17. The summed E-state index contributed by atoms with van der Waals surface area (Å²) in [7, 11) is 0. The number of hydrogen-bond donors (Lipinski definition) is 1. The fourth-order valence-electron chi connectivity index (χ4n) is 3.07. The Bertz CT molecular complexity index is 1050. The van der Waals surface area contributed by atoms with E-state index in [0.717, 1.165) is 11.1 Å². The SMILES string of the molecule is Nc1ccc2c(=O)c3c(oc2c1)/C(=C/c1c(Cl)cccc1Cl)CC3. The smallest absolute Gasteiger partial charge is 0.196 e. The maximum absolute atomic E-state index is 12.7. The minimum absolute atomic E-state index is 0.0000874. The summed E-state index contributed by atoms with van der Waals surface area (Å²) in [6.07, 6.45) is 3.25. The highest BCUT2D eigenvalue weighted by Crippen LogP contribution is 2.37. The highest BCUT2D eigenvalue weighted by atomic mass is 35.5. The Kier molecular flexibility index (Phi) is 3.63. The van der Waals surface area contributed by atoms with Gasteiger partial charge >= 0.3 is 0 Å². The fraction of sp³-hybridized carbons (Fsp3) is 0.105. The lowest BCUT2D eigenvalue weighted by molar-refractivity contribution is 0.585. The lowest BCUT2D eigenvalue weighted by Crippen LogP contribution is -2.08. The van der Waals surface area contributed by atoms with E-state index in [1.54, 1.807) is 36.4 Å². The van der Waals surface area contributed by atoms with Gasteiger partial charge in [0.1, 0.15) is 11.3 Å². The van der Waals surface area contributed by atoms with E-state index in [2.05, 4.69) is 0 Å². The predicted molar refractivity (Wildman–Crippen MR) is 99.6 cm³/mol. The second kappa shape index (κ2) is 5.69. The van der Waals surface area contributed by atoms with Gasteiger partial charge in [0.25, 0.3) is 0 Å². The number of nitrogens with two attached hydrogens (primary N) is 1. The zero-order valence-electron chi connectivity index (χ0n) is 12.6. The summed E-state index contributed by atoms with van der Waals surface area (Å²) in [5.74, 6) is 0.606. The van der Waals surface area contributed by atoms with E-state index in [1.165, 1.54) is 0 Å². The summed E-state index contributed by atoms with van der Waals surface area (Å²) >= 11 is 12.5. The van der Waals surface area contributed by atoms with Crippen LogP contribution in [0.15, 0.2) is 45.6 Å². The number of rotatable bonds is 1. The molecule has 2 aromatic carbocycles. The molecule has 0 atom stereocenters. The van der Waals surface area contributed by atoms with Gasteiger partial charge in [0, 0.05) is 32.9 Å². The van der Waals surface area contributed by atoms with Gasteiger partial charge < -0.3 is 10.2 Å². The molecule has 0 amide bonds. The molecule has 3 aromatic rings. The fourth-order valence-corrected chi connectivity index (χ4v) is 3.57. The van der Waals surface area contributed by atoms with Gasteiger partial charge in [0.2, 0.25) is 0 Å². The Balaban J connectivity index is 1.95. The molecule has 0 saturated carbocycles. The monoisotopic (exact) mass is 357 g/mol. The van der Waals surface area contributed by atoms with Gasteiger partial charge in [-0.1, -0.05) is 29.3 Å². The molecule has 0 radical (unpaired) electrons. The van der Waals surface area contributed by atoms with Crippen LogP contribution in [0.4, 0.5) is 5.69 Å². The van der Waals surface area contributed by atoms with Crippen molar-refractivity contribution in [1.29, 1.82) is 0 Å². The van der Waals surface area contributed by atoms with Gasteiger partial charge in [-0.3, -0.25) is 4.79 Å². The zero-order chi connectivity index (χ0) is 16.8. The molecule has 24 heavy (non-hydrogen) atoms. The Labute approximate surface area is 148 Å². The van der Waals surface area contributed by atoms with Crippen molar-refractivity contribution in [1.82, 2.24) is 0 Å². The molecule has 3 nitrogen and oxygen atoms in total. The summed E-state index contributed by atoms with van der Waals surface area (Å²) in [6, 6.07) is 10.5. The van der Waals surface area contributed by atoms with Gasteiger partial charge in [-0.05, 0) is 48.8 Å². The molecule has 0 bridgehead atoms. The summed E-state index contributed by atoms with van der Waals surface area (Å²) < 4.78 is 6.00. The first-order valence-corrected chi connectivity index (χ1v) is 8.30. The van der Waals surface area contributed by atoms with E-state index in [1.807, 2.05) is 6.08 Å². The highest BCUT2D eigenvalue weighted by molar-refractivity contribution is 6.37. The zero-order valence-corrected chi connectivity index (χ0v) is 14.1. The van der Waals surface area contributed by atoms with E-state index in [4.69, 9.17) is 33.4 Å². The van der Waals surface area contributed by atoms with Gasteiger partial charge in [-0.25, -0.2) is 0 Å². The number of anilines is 1. The molecule has 2 N–H and O–H groups in total. The number of nitrogen functional groups attached to an aromatic ring is 1. The first-order valence-electron chi connectivity index (χ1n) is 7.55.